The summed E-state index contributed by atoms with van der Waals surface area (Å²) in [5.41, 5.74) is 1.32. The number of rotatable bonds is 6. The van der Waals surface area contributed by atoms with Gasteiger partial charge in [-0.2, -0.15) is 0 Å². The summed E-state index contributed by atoms with van der Waals surface area (Å²) in [5.74, 6) is -3.43. The molecule has 2 aromatic heterocycles. The average Bonchev–Trinajstić information content (AvgIpc) is 2.88. The zero-order valence-electron chi connectivity index (χ0n) is 10.4. The van der Waals surface area contributed by atoms with Crippen molar-refractivity contribution in [3.63, 3.8) is 0 Å². The van der Waals surface area contributed by atoms with Gasteiger partial charge in [0.15, 0.2) is 5.76 Å². The highest BCUT2D eigenvalue weighted by molar-refractivity contribution is 6.37. The highest BCUT2D eigenvalue weighted by Gasteiger charge is 2.22. The number of Topliss-reactive ketones (excluding diaryl/α,β-unsaturated/α-hetero) is 2. The maximum Gasteiger partial charge on any atom is 0.372 e. The van der Waals surface area contributed by atoms with Crippen molar-refractivity contribution in [2.24, 2.45) is 0 Å². The summed E-state index contributed by atoms with van der Waals surface area (Å²) >= 11 is 0. The Morgan fingerprint density at radius 1 is 1.20 bits per heavy atom. The molecule has 6 nitrogen and oxygen atoms in total. The molecular formula is C14H11NO5. The lowest BCUT2D eigenvalue weighted by Gasteiger charge is -2.01. The van der Waals surface area contributed by atoms with Crippen LogP contribution in [0.15, 0.2) is 41.1 Å². The molecule has 2 heterocycles. The molecule has 0 aliphatic heterocycles. The van der Waals surface area contributed by atoms with Crippen LogP contribution in [-0.2, 0) is 16.0 Å². The molecule has 0 atom stereocenters. The van der Waals surface area contributed by atoms with E-state index < -0.39 is 24.0 Å². The van der Waals surface area contributed by atoms with E-state index in [1.54, 1.807) is 24.4 Å². The molecule has 2 rings (SSSR count). The van der Waals surface area contributed by atoms with Gasteiger partial charge in [0.2, 0.25) is 11.6 Å². The number of carboxylic acid groups (broad SMARTS) is 1. The summed E-state index contributed by atoms with van der Waals surface area (Å²) < 4.78 is 5.06. The zero-order chi connectivity index (χ0) is 14.5. The van der Waals surface area contributed by atoms with Gasteiger partial charge in [-0.15, -0.1) is 0 Å². The summed E-state index contributed by atoms with van der Waals surface area (Å²) in [6, 6.07) is 6.99. The molecule has 6 heteroatoms. The molecule has 102 valence electrons. The maximum absolute atomic E-state index is 11.8. The molecule has 0 aliphatic carbocycles. The van der Waals surface area contributed by atoms with Gasteiger partial charge in [-0.25, -0.2) is 4.79 Å². The third kappa shape index (κ3) is 3.17. The van der Waals surface area contributed by atoms with Crippen LogP contribution in [0.2, 0.25) is 0 Å². The van der Waals surface area contributed by atoms with E-state index in [-0.39, 0.29) is 5.76 Å². The minimum atomic E-state index is -1.63. The van der Waals surface area contributed by atoms with Crippen LogP contribution < -0.4 is 0 Å². The topological polar surface area (TPSA) is 97.5 Å². The van der Waals surface area contributed by atoms with Gasteiger partial charge in [-0.05, 0) is 18.2 Å². The van der Waals surface area contributed by atoms with Crippen molar-refractivity contribution in [3.8, 4) is 0 Å². The van der Waals surface area contributed by atoms with Gasteiger partial charge in [0.05, 0.1) is 12.7 Å². The van der Waals surface area contributed by atoms with Crippen molar-refractivity contribution in [2.45, 2.75) is 12.8 Å². The molecule has 0 spiro atoms. The summed E-state index contributed by atoms with van der Waals surface area (Å²) in [4.78, 5) is 37.4. The van der Waals surface area contributed by atoms with Crippen molar-refractivity contribution in [2.75, 3.05) is 0 Å². The van der Waals surface area contributed by atoms with Crippen molar-refractivity contribution in [3.05, 3.63) is 53.7 Å². The molecule has 0 aliphatic rings. The van der Waals surface area contributed by atoms with Crippen LogP contribution in [-0.4, -0.2) is 27.6 Å². The number of nitrogens with zero attached hydrogens (tertiary/aromatic N) is 1. The number of carbonyl (C=O) groups is 3. The second-order valence-electron chi connectivity index (χ2n) is 4.10. The quantitative estimate of drug-likeness (QED) is 0.486. The van der Waals surface area contributed by atoms with Crippen molar-refractivity contribution < 1.29 is 23.9 Å². The number of carboxylic acids is 1. The molecule has 2 aromatic rings. The minimum Gasteiger partial charge on any atom is -0.475 e. The summed E-state index contributed by atoms with van der Waals surface area (Å²) in [6.45, 7) is 0. The Hall–Kier alpha value is -2.76. The van der Waals surface area contributed by atoms with E-state index >= 15 is 0 Å². The summed E-state index contributed by atoms with van der Waals surface area (Å²) in [6.07, 6.45) is 2.62. The number of pyridine rings is 1. The fourth-order valence-electron chi connectivity index (χ4n) is 1.72. The van der Waals surface area contributed by atoms with E-state index in [2.05, 4.69) is 4.98 Å². The van der Waals surface area contributed by atoms with Crippen LogP contribution in [0.25, 0.3) is 0 Å². The number of carbonyl (C=O) groups excluding carboxylic acids is 2. The van der Waals surface area contributed by atoms with Crippen LogP contribution >= 0.6 is 0 Å². The van der Waals surface area contributed by atoms with E-state index in [1.165, 1.54) is 6.26 Å². The predicted molar refractivity (Wildman–Crippen MR) is 67.3 cm³/mol. The first kappa shape index (κ1) is 13.7. The molecule has 0 radical (unpaired) electrons. The van der Waals surface area contributed by atoms with Crippen molar-refractivity contribution >= 4 is 17.5 Å². The maximum atomic E-state index is 11.8. The van der Waals surface area contributed by atoms with E-state index in [0.29, 0.717) is 12.0 Å². The Bertz CT molecular complexity index is 645. The molecule has 0 fully saturated rings. The minimum absolute atomic E-state index is 0.00486. The molecule has 0 amide bonds. The van der Waals surface area contributed by atoms with E-state index in [1.807, 2.05) is 6.07 Å². The lowest BCUT2D eigenvalue weighted by molar-refractivity contribution is -0.148. The normalized spacial score (nSPS) is 10.2. The second-order valence-corrected chi connectivity index (χ2v) is 4.10. The largest absolute Gasteiger partial charge is 0.475 e. The molecule has 0 bridgehead atoms. The van der Waals surface area contributed by atoms with E-state index in [9.17, 15) is 14.4 Å². The van der Waals surface area contributed by atoms with Crippen LogP contribution in [0.1, 0.15) is 28.2 Å². The van der Waals surface area contributed by atoms with Gasteiger partial charge < -0.3 is 9.52 Å². The SMILES string of the molecule is O=C(O)C(=O)CC(=O)c1occc1Cc1ccccn1. The van der Waals surface area contributed by atoms with Crippen LogP contribution in [0, 0.1) is 0 Å². The molecule has 0 aromatic carbocycles. The van der Waals surface area contributed by atoms with Crippen LogP contribution in [0.5, 0.6) is 0 Å². The van der Waals surface area contributed by atoms with Crippen molar-refractivity contribution in [1.29, 1.82) is 0 Å². The summed E-state index contributed by atoms with van der Waals surface area (Å²) in [5, 5.41) is 8.49. The number of furan rings is 1. The van der Waals surface area contributed by atoms with E-state index in [4.69, 9.17) is 9.52 Å². The monoisotopic (exact) mass is 273 g/mol. The highest BCUT2D eigenvalue weighted by Crippen LogP contribution is 2.16. The second kappa shape index (κ2) is 5.92. The highest BCUT2D eigenvalue weighted by atomic mass is 16.4. The molecule has 0 saturated carbocycles. The van der Waals surface area contributed by atoms with Gasteiger partial charge in [0.25, 0.3) is 0 Å². The fourth-order valence-corrected chi connectivity index (χ4v) is 1.72. The first-order valence-corrected chi connectivity index (χ1v) is 5.83. The first-order chi connectivity index (χ1) is 9.58. The number of hydrogen-bond donors (Lipinski definition) is 1. The van der Waals surface area contributed by atoms with Crippen molar-refractivity contribution in [1.82, 2.24) is 4.98 Å². The van der Waals surface area contributed by atoms with Crippen LogP contribution in [0.3, 0.4) is 0 Å². The Morgan fingerprint density at radius 3 is 2.65 bits per heavy atom. The van der Waals surface area contributed by atoms with Gasteiger partial charge in [-0.1, -0.05) is 6.07 Å². The third-order valence-corrected chi connectivity index (χ3v) is 2.66. The van der Waals surface area contributed by atoms with Gasteiger partial charge in [0.1, 0.15) is 0 Å². The van der Waals surface area contributed by atoms with Gasteiger partial charge in [-0.3, -0.25) is 14.6 Å². The van der Waals surface area contributed by atoms with Gasteiger partial charge in [0, 0.05) is 23.9 Å². The lowest BCUT2D eigenvalue weighted by Crippen LogP contribution is -2.17. The molecular weight excluding hydrogens is 262 g/mol. The Balaban J connectivity index is 2.14. The molecule has 0 unspecified atom stereocenters. The lowest BCUT2D eigenvalue weighted by atomic mass is 10.1. The molecule has 20 heavy (non-hydrogen) atoms. The van der Waals surface area contributed by atoms with Crippen LogP contribution in [0.4, 0.5) is 0 Å². The number of aliphatic carboxylic acids is 1. The number of aromatic nitrogens is 1. The predicted octanol–water partition coefficient (Wildman–Crippen LogP) is 1.49. The Kier molecular flexibility index (Phi) is 4.05. The fraction of sp³-hybridized carbons (Fsp3) is 0.143. The molecule has 1 N–H and O–H groups in total. The number of ketones is 2. The Labute approximate surface area is 114 Å². The van der Waals surface area contributed by atoms with E-state index in [0.717, 1.165) is 5.69 Å². The summed E-state index contributed by atoms with van der Waals surface area (Å²) in [7, 11) is 0. The van der Waals surface area contributed by atoms with Gasteiger partial charge >= 0.3 is 5.97 Å². The smallest absolute Gasteiger partial charge is 0.372 e. The third-order valence-electron chi connectivity index (χ3n) is 2.66. The standard InChI is InChI=1S/C14H11NO5/c16-11(8-12(17)14(18)19)13-9(4-6-20-13)7-10-3-1-2-5-15-10/h1-6H,7-8H2,(H,18,19). The molecule has 0 saturated heterocycles. The number of hydrogen-bond acceptors (Lipinski definition) is 5. The Morgan fingerprint density at radius 2 is 2.00 bits per heavy atom. The average molecular weight is 273 g/mol. The zero-order valence-corrected chi connectivity index (χ0v) is 10.4. The first-order valence-electron chi connectivity index (χ1n) is 5.83.